The number of hydrogen-bond acceptors (Lipinski definition) is 5. The fraction of sp³-hybridized carbons (Fsp3) is 0.793. The number of aliphatic hydroxyl groups is 1. The van der Waals surface area contributed by atoms with Crippen molar-refractivity contribution in [2.75, 3.05) is 20.3 Å². The van der Waals surface area contributed by atoms with E-state index in [1.807, 2.05) is 25.1 Å². The van der Waals surface area contributed by atoms with Crippen molar-refractivity contribution in [1.29, 1.82) is 0 Å². The standard InChI is InChI=1S/C29H52O5Si/c1-22(2)35(23(3)4,24(5)6)33-19-16-27-29(8,31-9)17-15-26(34-27)28(7,30)18-20-32-21-25-13-11-10-12-14-25/h10-14,22-24,26-27,30H,15-21H2,1-9H3/t26-,27-,28+,29+/m1/s1. The molecule has 1 N–H and O–H groups in total. The van der Waals surface area contributed by atoms with Gasteiger partial charge in [-0.05, 0) is 55.3 Å². The molecule has 1 aromatic rings. The molecule has 1 aromatic carbocycles. The van der Waals surface area contributed by atoms with Crippen LogP contribution < -0.4 is 0 Å². The molecular formula is C29H52O5Si. The van der Waals surface area contributed by atoms with Gasteiger partial charge in [0.1, 0.15) is 0 Å². The average Bonchev–Trinajstić information content (AvgIpc) is 2.80. The zero-order valence-electron chi connectivity index (χ0n) is 23.8. The molecule has 1 aliphatic heterocycles. The van der Waals surface area contributed by atoms with Gasteiger partial charge in [-0.15, -0.1) is 0 Å². The first-order valence-corrected chi connectivity index (χ1v) is 15.7. The molecule has 0 bridgehead atoms. The minimum atomic E-state index is -1.93. The second-order valence-corrected chi connectivity index (χ2v) is 17.2. The Morgan fingerprint density at radius 3 is 2.20 bits per heavy atom. The smallest absolute Gasteiger partial charge is 0.200 e. The summed E-state index contributed by atoms with van der Waals surface area (Å²) in [5.41, 5.74) is 1.45. The van der Waals surface area contributed by atoms with Gasteiger partial charge in [0, 0.05) is 26.7 Å². The van der Waals surface area contributed by atoms with E-state index >= 15 is 0 Å². The van der Waals surface area contributed by atoms with Crippen LogP contribution in [0.4, 0.5) is 0 Å². The first kappa shape index (κ1) is 30.5. The van der Waals surface area contributed by atoms with E-state index in [9.17, 15) is 5.11 Å². The predicted octanol–water partition coefficient (Wildman–Crippen LogP) is 6.88. The average molecular weight is 509 g/mol. The summed E-state index contributed by atoms with van der Waals surface area (Å²) in [6.07, 6.45) is 2.53. The van der Waals surface area contributed by atoms with Crippen molar-refractivity contribution in [3.63, 3.8) is 0 Å². The zero-order valence-corrected chi connectivity index (χ0v) is 24.8. The lowest BCUT2D eigenvalue weighted by atomic mass is 9.81. The van der Waals surface area contributed by atoms with Gasteiger partial charge in [0.15, 0.2) is 8.32 Å². The Kier molecular flexibility index (Phi) is 11.5. The lowest BCUT2D eigenvalue weighted by Crippen LogP contribution is -2.56. The molecule has 0 aliphatic carbocycles. The quantitative estimate of drug-likeness (QED) is 0.219. The van der Waals surface area contributed by atoms with Crippen molar-refractivity contribution in [3.05, 3.63) is 35.9 Å². The van der Waals surface area contributed by atoms with Gasteiger partial charge >= 0.3 is 0 Å². The summed E-state index contributed by atoms with van der Waals surface area (Å²) in [5, 5.41) is 11.3. The lowest BCUT2D eigenvalue weighted by Gasteiger charge is -2.48. The molecule has 6 heteroatoms. The molecule has 1 aliphatic rings. The number of rotatable bonds is 14. The number of methoxy groups -OCH3 is 1. The Morgan fingerprint density at radius 2 is 1.66 bits per heavy atom. The molecule has 2 rings (SSSR count). The molecule has 0 unspecified atom stereocenters. The van der Waals surface area contributed by atoms with Crippen LogP contribution in [0.3, 0.4) is 0 Å². The van der Waals surface area contributed by atoms with Gasteiger partial charge in [-0.3, -0.25) is 0 Å². The van der Waals surface area contributed by atoms with Crippen LogP contribution in [0, 0.1) is 0 Å². The van der Waals surface area contributed by atoms with Gasteiger partial charge in [-0.2, -0.15) is 0 Å². The topological polar surface area (TPSA) is 57.2 Å². The molecule has 0 saturated carbocycles. The molecule has 35 heavy (non-hydrogen) atoms. The van der Waals surface area contributed by atoms with E-state index in [-0.39, 0.29) is 17.8 Å². The summed E-state index contributed by atoms with van der Waals surface area (Å²) in [7, 11) is -0.168. The SMILES string of the molecule is CO[C@@]1(C)CC[C@H]([C@@](C)(O)CCOCc2ccccc2)O[C@@H]1CCO[Si](C(C)C)(C(C)C)C(C)C. The van der Waals surface area contributed by atoms with Gasteiger partial charge < -0.3 is 23.7 Å². The Bertz CT molecular complexity index is 714. The molecule has 4 atom stereocenters. The summed E-state index contributed by atoms with van der Waals surface area (Å²) in [6.45, 7) is 19.6. The van der Waals surface area contributed by atoms with E-state index < -0.39 is 13.9 Å². The van der Waals surface area contributed by atoms with Gasteiger partial charge in [0.05, 0.1) is 30.0 Å². The third-order valence-corrected chi connectivity index (χ3v) is 14.5. The second-order valence-electron chi connectivity index (χ2n) is 11.8. The summed E-state index contributed by atoms with van der Waals surface area (Å²) >= 11 is 0. The number of hydrogen-bond donors (Lipinski definition) is 1. The molecule has 0 spiro atoms. The first-order chi connectivity index (χ1) is 16.4. The Hall–Kier alpha value is -0.763. The molecule has 1 fully saturated rings. The summed E-state index contributed by atoms with van der Waals surface area (Å²) in [6, 6.07) is 10.1. The van der Waals surface area contributed by atoms with Crippen LogP contribution in [0.15, 0.2) is 30.3 Å². The fourth-order valence-electron chi connectivity index (χ4n) is 6.10. The molecule has 1 saturated heterocycles. The van der Waals surface area contributed by atoms with E-state index in [1.165, 1.54) is 0 Å². The van der Waals surface area contributed by atoms with Crippen LogP contribution in [0.1, 0.15) is 86.6 Å². The van der Waals surface area contributed by atoms with Crippen LogP contribution in [0.25, 0.3) is 0 Å². The highest BCUT2D eigenvalue weighted by Crippen LogP contribution is 2.43. The molecule has 0 aromatic heterocycles. The minimum absolute atomic E-state index is 0.124. The highest BCUT2D eigenvalue weighted by Gasteiger charge is 2.48. The molecule has 0 radical (unpaired) electrons. The van der Waals surface area contributed by atoms with E-state index in [4.69, 9.17) is 18.6 Å². The predicted molar refractivity (Wildman–Crippen MR) is 146 cm³/mol. The van der Waals surface area contributed by atoms with Crippen molar-refractivity contribution in [2.45, 2.75) is 128 Å². The summed E-state index contributed by atoms with van der Waals surface area (Å²) < 4.78 is 25.2. The van der Waals surface area contributed by atoms with Crippen LogP contribution >= 0.6 is 0 Å². The third kappa shape index (κ3) is 7.62. The van der Waals surface area contributed by atoms with Gasteiger partial charge in [-0.1, -0.05) is 71.9 Å². The Morgan fingerprint density at radius 1 is 1.06 bits per heavy atom. The largest absolute Gasteiger partial charge is 0.416 e. The van der Waals surface area contributed by atoms with E-state index in [0.29, 0.717) is 42.9 Å². The summed E-state index contributed by atoms with van der Waals surface area (Å²) in [5.74, 6) is 0. The molecular weight excluding hydrogens is 456 g/mol. The van der Waals surface area contributed by atoms with E-state index in [1.54, 1.807) is 7.11 Å². The number of ether oxygens (including phenoxy) is 3. The molecule has 1 heterocycles. The maximum Gasteiger partial charge on any atom is 0.200 e. The van der Waals surface area contributed by atoms with Crippen LogP contribution in [-0.4, -0.2) is 57.2 Å². The van der Waals surface area contributed by atoms with Crippen LogP contribution in [0.5, 0.6) is 0 Å². The van der Waals surface area contributed by atoms with Crippen molar-refractivity contribution >= 4 is 8.32 Å². The van der Waals surface area contributed by atoms with Gasteiger partial charge in [0.25, 0.3) is 0 Å². The highest BCUT2D eigenvalue weighted by molar-refractivity contribution is 6.77. The molecule has 5 nitrogen and oxygen atoms in total. The minimum Gasteiger partial charge on any atom is -0.416 e. The van der Waals surface area contributed by atoms with Gasteiger partial charge in [-0.25, -0.2) is 0 Å². The van der Waals surface area contributed by atoms with E-state index in [0.717, 1.165) is 24.8 Å². The van der Waals surface area contributed by atoms with Gasteiger partial charge in [0.2, 0.25) is 0 Å². The third-order valence-electron chi connectivity index (χ3n) is 8.38. The molecule has 0 amide bonds. The molecule has 202 valence electrons. The summed E-state index contributed by atoms with van der Waals surface area (Å²) in [4.78, 5) is 0. The van der Waals surface area contributed by atoms with Crippen molar-refractivity contribution in [1.82, 2.24) is 0 Å². The van der Waals surface area contributed by atoms with Crippen molar-refractivity contribution < 1.29 is 23.7 Å². The maximum atomic E-state index is 11.3. The zero-order chi connectivity index (χ0) is 26.3. The first-order valence-electron chi connectivity index (χ1n) is 13.6. The second kappa shape index (κ2) is 13.2. The van der Waals surface area contributed by atoms with Crippen LogP contribution in [0.2, 0.25) is 16.6 Å². The monoisotopic (exact) mass is 508 g/mol. The maximum absolute atomic E-state index is 11.3. The highest BCUT2D eigenvalue weighted by atomic mass is 28.4. The van der Waals surface area contributed by atoms with Crippen LogP contribution in [-0.2, 0) is 25.2 Å². The van der Waals surface area contributed by atoms with Crippen molar-refractivity contribution in [3.8, 4) is 0 Å². The fourth-order valence-corrected chi connectivity index (χ4v) is 11.6. The normalized spacial score (nSPS) is 25.4. The van der Waals surface area contributed by atoms with Crippen molar-refractivity contribution in [2.24, 2.45) is 0 Å². The lowest BCUT2D eigenvalue weighted by molar-refractivity contribution is -0.227. The number of benzene rings is 1. The Balaban J connectivity index is 1.98. The van der Waals surface area contributed by atoms with E-state index in [2.05, 4.69) is 60.6 Å². The Labute approximate surface area is 216 Å².